The van der Waals surface area contributed by atoms with Crippen molar-refractivity contribution in [1.29, 1.82) is 0 Å². The lowest BCUT2D eigenvalue weighted by Crippen LogP contribution is -2.46. The van der Waals surface area contributed by atoms with E-state index >= 15 is 0 Å². The molecule has 2 saturated carbocycles. The monoisotopic (exact) mass is 240 g/mol. The number of carboxylic acids is 1. The minimum absolute atomic E-state index is 0.181. The van der Waals surface area contributed by atoms with Gasteiger partial charge in [0.1, 0.15) is 0 Å². The van der Waals surface area contributed by atoms with Crippen LogP contribution >= 0.6 is 0 Å². The molecule has 2 aliphatic carbocycles. The molecule has 0 radical (unpaired) electrons. The molecule has 0 aromatic carbocycles. The summed E-state index contributed by atoms with van der Waals surface area (Å²) in [5, 5.41) is 9.45. The summed E-state index contributed by atoms with van der Waals surface area (Å²) in [6.07, 6.45) is 9.17. The smallest absolute Gasteiger partial charge is 0.335 e. The second kappa shape index (κ2) is 5.38. The number of rotatable bonds is 3. The number of ether oxygens (including phenoxy) is 1. The van der Waals surface area contributed by atoms with Gasteiger partial charge in [-0.2, -0.15) is 0 Å². The molecule has 0 aromatic rings. The van der Waals surface area contributed by atoms with E-state index in [1.165, 1.54) is 12.8 Å². The van der Waals surface area contributed by atoms with Crippen LogP contribution in [0.2, 0.25) is 0 Å². The Kier molecular flexibility index (Phi) is 4.08. The Morgan fingerprint density at radius 1 is 1.12 bits per heavy atom. The Morgan fingerprint density at radius 3 is 2.24 bits per heavy atom. The number of hydrogen-bond acceptors (Lipinski definition) is 2. The molecule has 3 heteroatoms. The summed E-state index contributed by atoms with van der Waals surface area (Å²) in [5.74, 6) is 0.0396. The van der Waals surface area contributed by atoms with Crippen molar-refractivity contribution in [2.75, 3.05) is 0 Å². The highest BCUT2D eigenvalue weighted by Gasteiger charge is 2.42. The van der Waals surface area contributed by atoms with Gasteiger partial charge >= 0.3 is 5.97 Å². The molecule has 2 rings (SSSR count). The number of aliphatic carboxylic acids is 1. The molecule has 0 saturated heterocycles. The van der Waals surface area contributed by atoms with Gasteiger partial charge in [-0.3, -0.25) is 0 Å². The van der Waals surface area contributed by atoms with Crippen LogP contribution in [0.4, 0.5) is 0 Å². The van der Waals surface area contributed by atoms with Gasteiger partial charge in [0.2, 0.25) is 0 Å². The molecule has 17 heavy (non-hydrogen) atoms. The van der Waals surface area contributed by atoms with Crippen LogP contribution < -0.4 is 0 Å². The zero-order valence-corrected chi connectivity index (χ0v) is 10.8. The van der Waals surface area contributed by atoms with Gasteiger partial charge < -0.3 is 9.84 Å². The van der Waals surface area contributed by atoms with Gasteiger partial charge in [-0.15, -0.1) is 0 Å². The van der Waals surface area contributed by atoms with Crippen LogP contribution in [0.5, 0.6) is 0 Å². The fourth-order valence-corrected chi connectivity index (χ4v) is 3.17. The van der Waals surface area contributed by atoms with Crippen molar-refractivity contribution in [3.8, 4) is 0 Å². The van der Waals surface area contributed by atoms with Gasteiger partial charge in [-0.25, -0.2) is 4.79 Å². The molecule has 1 N–H and O–H groups in total. The molecule has 0 aliphatic heterocycles. The Bertz CT molecular complexity index is 261. The van der Waals surface area contributed by atoms with E-state index in [0.717, 1.165) is 38.0 Å². The third kappa shape index (κ3) is 3.01. The summed E-state index contributed by atoms with van der Waals surface area (Å²) in [5.41, 5.74) is -0.858. The molecule has 3 nitrogen and oxygen atoms in total. The van der Waals surface area contributed by atoms with Gasteiger partial charge in [0.15, 0.2) is 5.60 Å². The second-order valence-corrected chi connectivity index (χ2v) is 5.86. The molecule has 0 amide bonds. The van der Waals surface area contributed by atoms with E-state index in [9.17, 15) is 9.90 Å². The lowest BCUT2D eigenvalue weighted by Gasteiger charge is -2.38. The molecule has 0 bridgehead atoms. The summed E-state index contributed by atoms with van der Waals surface area (Å²) in [4.78, 5) is 11.5. The molecule has 0 atom stereocenters. The zero-order valence-electron chi connectivity index (χ0n) is 10.8. The van der Waals surface area contributed by atoms with Crippen LogP contribution in [0.1, 0.15) is 64.7 Å². The molecule has 0 unspecified atom stereocenters. The highest BCUT2D eigenvalue weighted by molar-refractivity contribution is 5.77. The predicted octanol–water partition coefficient (Wildman–Crippen LogP) is 3.37. The summed E-state index contributed by atoms with van der Waals surface area (Å²) in [6, 6.07) is 0. The summed E-state index contributed by atoms with van der Waals surface area (Å²) in [6.45, 7) is 2.27. The van der Waals surface area contributed by atoms with E-state index < -0.39 is 11.6 Å². The standard InChI is InChI=1S/C14H24O3/c1-11-5-7-12(8-6-11)17-14(13(15)16)9-3-2-4-10-14/h11-12H,2-10H2,1H3,(H,15,16). The maximum absolute atomic E-state index is 11.5. The third-order valence-electron chi connectivity index (χ3n) is 4.41. The number of carbonyl (C=O) groups is 1. The van der Waals surface area contributed by atoms with E-state index in [2.05, 4.69) is 6.92 Å². The van der Waals surface area contributed by atoms with E-state index in [1.807, 2.05) is 0 Å². The minimum atomic E-state index is -0.858. The molecule has 0 heterocycles. The largest absolute Gasteiger partial charge is 0.479 e. The molecule has 0 aromatic heterocycles. The lowest BCUT2D eigenvalue weighted by molar-refractivity contribution is -0.183. The van der Waals surface area contributed by atoms with Crippen molar-refractivity contribution in [3.63, 3.8) is 0 Å². The fraction of sp³-hybridized carbons (Fsp3) is 0.929. The molecular weight excluding hydrogens is 216 g/mol. The van der Waals surface area contributed by atoms with Crippen LogP contribution in [-0.4, -0.2) is 22.8 Å². The van der Waals surface area contributed by atoms with Gasteiger partial charge in [-0.1, -0.05) is 13.3 Å². The van der Waals surface area contributed by atoms with Gasteiger partial charge in [0, 0.05) is 0 Å². The Labute approximate surface area is 104 Å². The van der Waals surface area contributed by atoms with Gasteiger partial charge in [0.05, 0.1) is 6.10 Å². The summed E-state index contributed by atoms with van der Waals surface area (Å²) in [7, 11) is 0. The van der Waals surface area contributed by atoms with Crippen molar-refractivity contribution in [3.05, 3.63) is 0 Å². The highest BCUT2D eigenvalue weighted by Crippen LogP contribution is 2.36. The third-order valence-corrected chi connectivity index (χ3v) is 4.41. The summed E-state index contributed by atoms with van der Waals surface area (Å²) >= 11 is 0. The normalized spacial score (nSPS) is 33.2. The van der Waals surface area contributed by atoms with Crippen LogP contribution in [0.3, 0.4) is 0 Å². The van der Waals surface area contributed by atoms with Gasteiger partial charge in [-0.05, 0) is 57.3 Å². The Balaban J connectivity index is 1.95. The van der Waals surface area contributed by atoms with Crippen molar-refractivity contribution in [2.45, 2.75) is 76.4 Å². The van der Waals surface area contributed by atoms with Crippen LogP contribution in [0.25, 0.3) is 0 Å². The predicted molar refractivity (Wildman–Crippen MR) is 66.0 cm³/mol. The lowest BCUT2D eigenvalue weighted by atomic mass is 9.83. The van der Waals surface area contributed by atoms with Crippen molar-refractivity contribution in [1.82, 2.24) is 0 Å². The maximum atomic E-state index is 11.5. The Hall–Kier alpha value is -0.570. The van der Waals surface area contributed by atoms with Crippen molar-refractivity contribution < 1.29 is 14.6 Å². The first-order valence-corrected chi connectivity index (χ1v) is 7.04. The maximum Gasteiger partial charge on any atom is 0.335 e. The quantitative estimate of drug-likeness (QED) is 0.822. The van der Waals surface area contributed by atoms with Gasteiger partial charge in [0.25, 0.3) is 0 Å². The number of carboxylic acid groups (broad SMARTS) is 1. The molecule has 2 aliphatic rings. The molecule has 0 spiro atoms. The topological polar surface area (TPSA) is 46.5 Å². The number of hydrogen-bond donors (Lipinski definition) is 1. The molecule has 98 valence electrons. The second-order valence-electron chi connectivity index (χ2n) is 5.86. The van der Waals surface area contributed by atoms with Crippen LogP contribution in [0, 0.1) is 5.92 Å². The Morgan fingerprint density at radius 2 is 1.71 bits per heavy atom. The first-order chi connectivity index (χ1) is 8.12. The van der Waals surface area contributed by atoms with E-state index in [4.69, 9.17) is 4.74 Å². The fourth-order valence-electron chi connectivity index (χ4n) is 3.17. The molecular formula is C14H24O3. The SMILES string of the molecule is CC1CCC(OC2(C(=O)O)CCCCC2)CC1. The van der Waals surface area contributed by atoms with Crippen molar-refractivity contribution >= 4 is 5.97 Å². The van der Waals surface area contributed by atoms with E-state index in [-0.39, 0.29) is 6.10 Å². The highest BCUT2D eigenvalue weighted by atomic mass is 16.5. The zero-order chi connectivity index (χ0) is 12.3. The first kappa shape index (κ1) is 12.9. The molecule has 2 fully saturated rings. The van der Waals surface area contributed by atoms with E-state index in [1.54, 1.807) is 0 Å². The van der Waals surface area contributed by atoms with Crippen LogP contribution in [0.15, 0.2) is 0 Å². The average molecular weight is 240 g/mol. The summed E-state index contributed by atoms with van der Waals surface area (Å²) < 4.78 is 6.03. The van der Waals surface area contributed by atoms with Crippen molar-refractivity contribution in [2.24, 2.45) is 5.92 Å². The van der Waals surface area contributed by atoms with Crippen LogP contribution in [-0.2, 0) is 9.53 Å². The van der Waals surface area contributed by atoms with E-state index in [0.29, 0.717) is 12.8 Å². The first-order valence-electron chi connectivity index (χ1n) is 7.04. The average Bonchev–Trinajstić information content (AvgIpc) is 2.33. The minimum Gasteiger partial charge on any atom is -0.479 e.